The number of nitrogens with one attached hydrogen (secondary N) is 2. The number of amides is 1. The van der Waals surface area contributed by atoms with E-state index in [2.05, 4.69) is 25.2 Å². The van der Waals surface area contributed by atoms with Gasteiger partial charge in [0.15, 0.2) is 0 Å². The van der Waals surface area contributed by atoms with Gasteiger partial charge in [-0.25, -0.2) is 9.97 Å². The Balaban J connectivity index is 1.33. The standard InChI is InChI=1S/C29H33N5O4/c1-2-38-29-22(7-5-12-31-29)19-9-11-26(36)23(16-19)27-32-24-10-8-20(17-25(24)33-27)28(37)30-13-15-34-14-4-3-6-21(34)18-35/h5,7-12,16-17,21,35-36H,2-4,6,13-15,18H2,1H3,(H,30,37)(H,32,33). The Kier molecular flexibility index (Phi) is 7.86. The molecule has 1 saturated heterocycles. The number of benzene rings is 2. The Labute approximate surface area is 221 Å². The molecule has 0 aliphatic carbocycles. The number of hydrogen-bond donors (Lipinski definition) is 4. The van der Waals surface area contributed by atoms with Crippen LogP contribution in [0, 0.1) is 0 Å². The molecule has 4 N–H and O–H groups in total. The summed E-state index contributed by atoms with van der Waals surface area (Å²) in [6, 6.07) is 14.6. The maximum Gasteiger partial charge on any atom is 0.251 e. The topological polar surface area (TPSA) is 124 Å². The summed E-state index contributed by atoms with van der Waals surface area (Å²) in [6.45, 7) is 4.74. The van der Waals surface area contributed by atoms with Gasteiger partial charge in [-0.2, -0.15) is 0 Å². The van der Waals surface area contributed by atoms with E-state index in [9.17, 15) is 15.0 Å². The number of aliphatic hydroxyl groups is 1. The fourth-order valence-corrected chi connectivity index (χ4v) is 5.01. The van der Waals surface area contributed by atoms with Crippen molar-refractivity contribution in [3.63, 3.8) is 0 Å². The van der Waals surface area contributed by atoms with Gasteiger partial charge in [-0.3, -0.25) is 9.69 Å². The van der Waals surface area contributed by atoms with Crippen molar-refractivity contribution in [1.29, 1.82) is 0 Å². The lowest BCUT2D eigenvalue weighted by Crippen LogP contribution is -2.45. The molecule has 4 aromatic rings. The van der Waals surface area contributed by atoms with Gasteiger partial charge in [-0.05, 0) is 74.3 Å². The molecule has 1 fully saturated rings. The van der Waals surface area contributed by atoms with Crippen LogP contribution < -0.4 is 10.1 Å². The quantitative estimate of drug-likeness (QED) is 0.266. The number of likely N-dealkylation sites (tertiary alicyclic amines) is 1. The smallest absolute Gasteiger partial charge is 0.251 e. The third kappa shape index (κ3) is 5.49. The van der Waals surface area contributed by atoms with E-state index in [-0.39, 0.29) is 24.3 Å². The van der Waals surface area contributed by atoms with Crippen LogP contribution in [0.1, 0.15) is 36.5 Å². The lowest BCUT2D eigenvalue weighted by molar-refractivity contribution is 0.0849. The number of fused-ring (bicyclic) bond motifs is 1. The number of rotatable bonds is 9. The second kappa shape index (κ2) is 11.6. The number of H-pyrrole nitrogens is 1. The molecular weight excluding hydrogens is 482 g/mol. The van der Waals surface area contributed by atoms with Crippen molar-refractivity contribution in [2.75, 3.05) is 32.8 Å². The number of carbonyl (C=O) groups is 1. The highest BCUT2D eigenvalue weighted by Crippen LogP contribution is 2.35. The number of pyridine rings is 1. The number of hydrogen-bond acceptors (Lipinski definition) is 7. The predicted molar refractivity (Wildman–Crippen MR) is 146 cm³/mol. The van der Waals surface area contributed by atoms with Gasteiger partial charge in [0.2, 0.25) is 5.88 Å². The van der Waals surface area contributed by atoms with E-state index >= 15 is 0 Å². The van der Waals surface area contributed by atoms with Gasteiger partial charge in [0.05, 0.1) is 29.8 Å². The van der Waals surface area contributed by atoms with Gasteiger partial charge in [-0.15, -0.1) is 0 Å². The summed E-state index contributed by atoms with van der Waals surface area (Å²) in [7, 11) is 0. The highest BCUT2D eigenvalue weighted by molar-refractivity contribution is 5.97. The molecule has 1 unspecified atom stereocenters. The molecule has 2 aromatic heterocycles. The second-order valence-corrected chi connectivity index (χ2v) is 9.46. The van der Waals surface area contributed by atoms with Gasteiger partial charge in [0.1, 0.15) is 11.6 Å². The highest BCUT2D eigenvalue weighted by atomic mass is 16.5. The molecule has 0 saturated carbocycles. The summed E-state index contributed by atoms with van der Waals surface area (Å²) >= 11 is 0. The molecular formula is C29H33N5O4. The normalized spacial score (nSPS) is 16.0. The molecule has 3 heterocycles. The molecule has 1 amide bonds. The molecule has 38 heavy (non-hydrogen) atoms. The average Bonchev–Trinajstić information content (AvgIpc) is 3.37. The number of aromatic hydroxyl groups is 1. The Morgan fingerprint density at radius 2 is 2.08 bits per heavy atom. The fourth-order valence-electron chi connectivity index (χ4n) is 5.01. The zero-order valence-electron chi connectivity index (χ0n) is 21.5. The first kappa shape index (κ1) is 25.7. The summed E-state index contributed by atoms with van der Waals surface area (Å²) in [4.78, 5) is 27.3. The van der Waals surface area contributed by atoms with Crippen molar-refractivity contribution in [3.05, 3.63) is 60.3 Å². The minimum Gasteiger partial charge on any atom is -0.507 e. The summed E-state index contributed by atoms with van der Waals surface area (Å²) < 4.78 is 5.68. The molecule has 1 atom stereocenters. The number of nitrogens with zero attached hydrogens (tertiary/aromatic N) is 3. The van der Waals surface area contributed by atoms with Crippen molar-refractivity contribution in [2.24, 2.45) is 0 Å². The van der Waals surface area contributed by atoms with Crippen LogP contribution in [0.15, 0.2) is 54.7 Å². The maximum atomic E-state index is 12.8. The largest absolute Gasteiger partial charge is 0.507 e. The number of carbonyl (C=O) groups excluding carboxylic acids is 1. The van der Waals surface area contributed by atoms with Crippen molar-refractivity contribution >= 4 is 16.9 Å². The molecule has 198 valence electrons. The molecule has 9 nitrogen and oxygen atoms in total. The summed E-state index contributed by atoms with van der Waals surface area (Å²) in [5.41, 5.74) is 4.12. The third-order valence-corrected chi connectivity index (χ3v) is 7.00. The van der Waals surface area contributed by atoms with Gasteiger partial charge in [-0.1, -0.05) is 12.5 Å². The first-order valence-electron chi connectivity index (χ1n) is 13.1. The average molecular weight is 516 g/mol. The number of aromatic nitrogens is 3. The van der Waals surface area contributed by atoms with Gasteiger partial charge >= 0.3 is 0 Å². The number of phenolic OH excluding ortho intramolecular Hbond substituents is 1. The van der Waals surface area contributed by atoms with E-state index in [1.807, 2.05) is 31.2 Å². The number of aliphatic hydroxyl groups excluding tert-OH is 1. The Bertz CT molecular complexity index is 1420. The minimum atomic E-state index is -0.162. The van der Waals surface area contributed by atoms with Gasteiger partial charge in [0, 0.05) is 36.5 Å². The zero-order chi connectivity index (χ0) is 26.5. The molecule has 0 bridgehead atoms. The number of piperidine rings is 1. The first-order valence-corrected chi connectivity index (χ1v) is 13.1. The van der Waals surface area contributed by atoms with Crippen LogP contribution in [0.4, 0.5) is 0 Å². The van der Waals surface area contributed by atoms with Gasteiger partial charge in [0.25, 0.3) is 5.91 Å². The lowest BCUT2D eigenvalue weighted by atomic mass is 10.0. The molecule has 5 rings (SSSR count). The van der Waals surface area contributed by atoms with E-state index in [1.165, 1.54) is 0 Å². The maximum absolute atomic E-state index is 12.8. The lowest BCUT2D eigenvalue weighted by Gasteiger charge is -2.34. The van der Waals surface area contributed by atoms with Crippen LogP contribution in [-0.2, 0) is 0 Å². The van der Waals surface area contributed by atoms with Crippen LogP contribution in [-0.4, -0.2) is 74.9 Å². The van der Waals surface area contributed by atoms with Crippen molar-refractivity contribution in [3.8, 4) is 34.1 Å². The molecule has 2 aromatic carbocycles. The van der Waals surface area contributed by atoms with Crippen LogP contribution in [0.2, 0.25) is 0 Å². The predicted octanol–water partition coefficient (Wildman–Crippen LogP) is 3.97. The Morgan fingerprint density at radius 3 is 2.92 bits per heavy atom. The SMILES string of the molecule is CCOc1ncccc1-c1ccc(O)c(-c2nc3ccc(C(=O)NCCN4CCCCC4CO)cc3[nH]2)c1. The van der Waals surface area contributed by atoms with Crippen molar-refractivity contribution in [2.45, 2.75) is 32.2 Å². The Morgan fingerprint density at radius 1 is 1.18 bits per heavy atom. The van der Waals surface area contributed by atoms with E-state index in [4.69, 9.17) is 4.74 Å². The first-order chi connectivity index (χ1) is 18.6. The van der Waals surface area contributed by atoms with Crippen LogP contribution in [0.25, 0.3) is 33.5 Å². The molecule has 0 spiro atoms. The monoisotopic (exact) mass is 515 g/mol. The van der Waals surface area contributed by atoms with Crippen molar-refractivity contribution < 1.29 is 19.7 Å². The third-order valence-electron chi connectivity index (χ3n) is 7.00. The molecule has 1 aliphatic rings. The van der Waals surface area contributed by atoms with Crippen LogP contribution >= 0.6 is 0 Å². The second-order valence-electron chi connectivity index (χ2n) is 9.46. The van der Waals surface area contributed by atoms with E-state index in [0.29, 0.717) is 53.6 Å². The number of ether oxygens (including phenoxy) is 1. The van der Waals surface area contributed by atoms with Gasteiger partial charge < -0.3 is 25.3 Å². The summed E-state index contributed by atoms with van der Waals surface area (Å²) in [5.74, 6) is 0.954. The number of phenols is 1. The molecule has 0 radical (unpaired) electrons. The van der Waals surface area contributed by atoms with Crippen molar-refractivity contribution in [1.82, 2.24) is 25.2 Å². The number of imidazole rings is 1. The minimum absolute atomic E-state index is 0.0894. The Hall–Kier alpha value is -3.95. The highest BCUT2D eigenvalue weighted by Gasteiger charge is 2.21. The van der Waals surface area contributed by atoms with Crippen LogP contribution in [0.5, 0.6) is 11.6 Å². The summed E-state index contributed by atoms with van der Waals surface area (Å²) in [5, 5.41) is 23.2. The summed E-state index contributed by atoms with van der Waals surface area (Å²) in [6.07, 6.45) is 4.94. The van der Waals surface area contributed by atoms with E-state index in [1.54, 1.807) is 30.5 Å². The van der Waals surface area contributed by atoms with Crippen LogP contribution in [0.3, 0.4) is 0 Å². The molecule has 1 aliphatic heterocycles. The van der Waals surface area contributed by atoms with E-state index < -0.39 is 0 Å². The molecule has 9 heteroatoms. The fraction of sp³-hybridized carbons (Fsp3) is 0.345. The van der Waals surface area contributed by atoms with E-state index in [0.717, 1.165) is 36.9 Å². The number of aromatic amines is 1. The zero-order valence-corrected chi connectivity index (χ0v) is 21.5.